The first-order valence-electron chi connectivity index (χ1n) is 4.89. The number of anilines is 1. The van der Waals surface area contributed by atoms with Gasteiger partial charge in [-0.15, -0.1) is 10.2 Å². The zero-order chi connectivity index (χ0) is 13.3. The second-order valence-electron chi connectivity index (χ2n) is 4.28. The quantitative estimate of drug-likeness (QED) is 0.803. The van der Waals surface area contributed by atoms with Crippen molar-refractivity contribution in [1.82, 2.24) is 10.2 Å². The van der Waals surface area contributed by atoms with Gasteiger partial charge in [-0.05, 0) is 26.0 Å². The third-order valence-electron chi connectivity index (χ3n) is 2.52. The Bertz CT molecular complexity index is 375. The molecule has 0 N–H and O–H groups in total. The number of aromatic nitrogens is 2. The third-order valence-corrected chi connectivity index (χ3v) is 3.89. The van der Waals surface area contributed by atoms with Crippen LogP contribution >= 0.6 is 15.9 Å². The maximum Gasteiger partial charge on any atom is 0.435 e. The van der Waals surface area contributed by atoms with Crippen molar-refractivity contribution in [2.24, 2.45) is 0 Å². The number of rotatable bonds is 3. The van der Waals surface area contributed by atoms with Crippen molar-refractivity contribution in [2.75, 3.05) is 17.3 Å². The highest BCUT2D eigenvalue weighted by atomic mass is 79.9. The van der Waals surface area contributed by atoms with Gasteiger partial charge >= 0.3 is 6.18 Å². The topological polar surface area (TPSA) is 29.0 Å². The summed E-state index contributed by atoms with van der Waals surface area (Å²) in [6, 6.07) is 2.25. The average Bonchev–Trinajstić information content (AvgIpc) is 2.27. The van der Waals surface area contributed by atoms with Crippen molar-refractivity contribution in [3.63, 3.8) is 0 Å². The molecule has 0 unspecified atom stereocenters. The number of nitrogens with zero attached hydrogens (tertiary/aromatic N) is 3. The van der Waals surface area contributed by atoms with Crippen molar-refractivity contribution in [3.05, 3.63) is 17.8 Å². The van der Waals surface area contributed by atoms with Crippen molar-refractivity contribution in [2.45, 2.75) is 25.6 Å². The van der Waals surface area contributed by atoms with Crippen molar-refractivity contribution in [3.8, 4) is 0 Å². The average molecular weight is 312 g/mol. The molecule has 1 heterocycles. The molecule has 0 saturated heterocycles. The number of halogens is 4. The minimum atomic E-state index is -4.45. The van der Waals surface area contributed by atoms with Crippen LogP contribution in [0.25, 0.3) is 0 Å². The molecule has 1 rings (SSSR count). The lowest BCUT2D eigenvalue weighted by Crippen LogP contribution is -2.43. The predicted octanol–water partition coefficient (Wildman–Crippen LogP) is 3.11. The van der Waals surface area contributed by atoms with E-state index in [1.54, 1.807) is 11.9 Å². The highest BCUT2D eigenvalue weighted by Gasteiger charge is 2.33. The summed E-state index contributed by atoms with van der Waals surface area (Å²) >= 11 is 3.35. The minimum Gasteiger partial charge on any atom is -0.352 e. The first kappa shape index (κ1) is 14.2. The van der Waals surface area contributed by atoms with E-state index < -0.39 is 11.9 Å². The van der Waals surface area contributed by atoms with Crippen LogP contribution in [0, 0.1) is 0 Å². The SMILES string of the molecule is CN(c1ccc(C(F)(F)F)nn1)C(C)(C)CBr. The molecule has 0 spiro atoms. The summed E-state index contributed by atoms with van der Waals surface area (Å²) in [6.45, 7) is 3.89. The van der Waals surface area contributed by atoms with E-state index in [4.69, 9.17) is 0 Å². The fourth-order valence-electron chi connectivity index (χ4n) is 1.06. The van der Waals surface area contributed by atoms with E-state index in [0.717, 1.165) is 6.07 Å². The van der Waals surface area contributed by atoms with E-state index >= 15 is 0 Å². The molecule has 0 aliphatic carbocycles. The Morgan fingerprint density at radius 1 is 1.24 bits per heavy atom. The van der Waals surface area contributed by atoms with Crippen LogP contribution in [0.3, 0.4) is 0 Å². The second kappa shape index (κ2) is 4.80. The minimum absolute atomic E-state index is 0.256. The number of alkyl halides is 4. The zero-order valence-corrected chi connectivity index (χ0v) is 11.3. The monoisotopic (exact) mass is 311 g/mol. The van der Waals surface area contributed by atoms with Gasteiger partial charge in [-0.2, -0.15) is 13.2 Å². The summed E-state index contributed by atoms with van der Waals surface area (Å²) in [6.07, 6.45) is -4.45. The highest BCUT2D eigenvalue weighted by Crippen LogP contribution is 2.28. The Kier molecular flexibility index (Phi) is 4.01. The maximum absolute atomic E-state index is 12.3. The van der Waals surface area contributed by atoms with Gasteiger partial charge < -0.3 is 4.90 Å². The predicted molar refractivity (Wildman–Crippen MR) is 63.3 cm³/mol. The summed E-state index contributed by atoms with van der Waals surface area (Å²) in [5.74, 6) is 0.405. The summed E-state index contributed by atoms with van der Waals surface area (Å²) in [5, 5.41) is 7.45. The van der Waals surface area contributed by atoms with Crippen LogP contribution in [0.1, 0.15) is 19.5 Å². The van der Waals surface area contributed by atoms with Crippen LogP contribution in [-0.2, 0) is 6.18 Å². The standard InChI is InChI=1S/C10H13BrF3N3/c1-9(2,6-11)17(3)8-5-4-7(15-16-8)10(12,13)14/h4-5H,6H2,1-3H3. The fourth-order valence-corrected chi connectivity index (χ4v) is 1.43. The lowest BCUT2D eigenvalue weighted by Gasteiger charge is -2.34. The highest BCUT2D eigenvalue weighted by molar-refractivity contribution is 9.09. The Balaban J connectivity index is 2.96. The van der Waals surface area contributed by atoms with Crippen LogP contribution in [0.5, 0.6) is 0 Å². The molecule has 17 heavy (non-hydrogen) atoms. The summed E-state index contributed by atoms with van der Waals surface area (Å²) in [4.78, 5) is 1.77. The molecular formula is C10H13BrF3N3. The van der Waals surface area contributed by atoms with Gasteiger partial charge in [-0.25, -0.2) is 0 Å². The van der Waals surface area contributed by atoms with Gasteiger partial charge in [-0.1, -0.05) is 15.9 Å². The van der Waals surface area contributed by atoms with Crippen LogP contribution in [0.15, 0.2) is 12.1 Å². The molecule has 1 aromatic heterocycles. The lowest BCUT2D eigenvalue weighted by molar-refractivity contribution is -0.141. The molecular weight excluding hydrogens is 299 g/mol. The van der Waals surface area contributed by atoms with Gasteiger partial charge in [0.2, 0.25) is 0 Å². The molecule has 7 heteroatoms. The van der Waals surface area contributed by atoms with Gasteiger partial charge in [0.05, 0.1) is 0 Å². The molecule has 0 amide bonds. The molecule has 0 saturated carbocycles. The number of hydrogen-bond donors (Lipinski definition) is 0. The first-order valence-corrected chi connectivity index (χ1v) is 6.01. The number of hydrogen-bond acceptors (Lipinski definition) is 3. The van der Waals surface area contributed by atoms with Gasteiger partial charge in [0.25, 0.3) is 0 Å². The summed E-state index contributed by atoms with van der Waals surface area (Å²) in [5.41, 5.74) is -1.24. The van der Waals surface area contributed by atoms with Crippen LogP contribution < -0.4 is 4.90 Å². The van der Waals surface area contributed by atoms with Crippen molar-refractivity contribution in [1.29, 1.82) is 0 Å². The van der Waals surface area contributed by atoms with Gasteiger partial charge in [0, 0.05) is 17.9 Å². The van der Waals surface area contributed by atoms with Crippen LogP contribution in [0.2, 0.25) is 0 Å². The van der Waals surface area contributed by atoms with E-state index in [9.17, 15) is 13.2 Å². The molecule has 0 aliphatic heterocycles. The van der Waals surface area contributed by atoms with E-state index in [1.165, 1.54) is 6.07 Å². The normalized spacial score (nSPS) is 12.6. The van der Waals surface area contributed by atoms with Crippen molar-refractivity contribution < 1.29 is 13.2 Å². The molecule has 0 aromatic carbocycles. The molecule has 0 aliphatic rings. The molecule has 0 fully saturated rings. The fraction of sp³-hybridized carbons (Fsp3) is 0.600. The van der Waals surface area contributed by atoms with Gasteiger partial charge in [0.15, 0.2) is 11.5 Å². The Morgan fingerprint density at radius 2 is 1.82 bits per heavy atom. The Labute approximate surface area is 106 Å². The molecule has 0 radical (unpaired) electrons. The van der Waals surface area contributed by atoms with E-state index in [1.807, 2.05) is 13.8 Å². The third kappa shape index (κ3) is 3.31. The van der Waals surface area contributed by atoms with Gasteiger partial charge in [-0.3, -0.25) is 0 Å². The van der Waals surface area contributed by atoms with E-state index in [2.05, 4.69) is 26.1 Å². The maximum atomic E-state index is 12.3. The summed E-state index contributed by atoms with van der Waals surface area (Å²) in [7, 11) is 1.76. The van der Waals surface area contributed by atoms with E-state index in [0.29, 0.717) is 11.1 Å². The molecule has 1 aromatic rings. The van der Waals surface area contributed by atoms with Crippen LogP contribution in [-0.4, -0.2) is 28.1 Å². The summed E-state index contributed by atoms with van der Waals surface area (Å²) < 4.78 is 36.9. The van der Waals surface area contributed by atoms with Gasteiger partial charge in [0.1, 0.15) is 0 Å². The Morgan fingerprint density at radius 3 is 2.18 bits per heavy atom. The second-order valence-corrected chi connectivity index (χ2v) is 4.84. The zero-order valence-electron chi connectivity index (χ0n) is 9.72. The lowest BCUT2D eigenvalue weighted by atomic mass is 10.1. The molecule has 0 bridgehead atoms. The Hall–Kier alpha value is -0.850. The molecule has 3 nitrogen and oxygen atoms in total. The molecule has 0 atom stereocenters. The van der Waals surface area contributed by atoms with Crippen molar-refractivity contribution >= 4 is 21.7 Å². The first-order chi connectivity index (χ1) is 7.68. The van der Waals surface area contributed by atoms with Crippen LogP contribution in [0.4, 0.5) is 19.0 Å². The van der Waals surface area contributed by atoms with E-state index in [-0.39, 0.29) is 5.54 Å². The largest absolute Gasteiger partial charge is 0.435 e. The smallest absolute Gasteiger partial charge is 0.352 e. The molecule has 96 valence electrons.